The number of amidine groups is 1. The molecule has 1 aliphatic heterocycles. The number of rotatable bonds is 2. The third-order valence-corrected chi connectivity index (χ3v) is 4.19. The monoisotopic (exact) mass is 327 g/mol. The lowest BCUT2D eigenvalue weighted by Gasteiger charge is -2.06. The summed E-state index contributed by atoms with van der Waals surface area (Å²) in [6.07, 6.45) is 0. The first kappa shape index (κ1) is 14.7. The number of fused-ring (bicyclic) bond motifs is 1. The number of aryl methyl sites for hydroxylation is 1. The van der Waals surface area contributed by atoms with Crippen molar-refractivity contribution in [3.8, 4) is 6.07 Å². The number of nitro benzene ring substituents is 1. The van der Waals surface area contributed by atoms with Crippen molar-refractivity contribution in [2.75, 3.05) is 0 Å². The largest absolute Gasteiger partial charge is 0.381 e. The predicted molar refractivity (Wildman–Crippen MR) is 83.3 cm³/mol. The summed E-state index contributed by atoms with van der Waals surface area (Å²) in [6.45, 7) is 1.72. The highest BCUT2D eigenvalue weighted by Crippen LogP contribution is 2.38. The topological polar surface area (TPSA) is 136 Å². The molecule has 2 aromatic rings. The van der Waals surface area contributed by atoms with E-state index in [1.165, 1.54) is 28.6 Å². The summed E-state index contributed by atoms with van der Waals surface area (Å²) in [7, 11) is 0. The number of benzene rings is 1. The third kappa shape index (κ3) is 2.53. The molecule has 23 heavy (non-hydrogen) atoms. The zero-order valence-electron chi connectivity index (χ0n) is 11.8. The molecule has 0 bridgehead atoms. The first-order valence-electron chi connectivity index (χ1n) is 6.35. The van der Waals surface area contributed by atoms with Gasteiger partial charge in [-0.05, 0) is 36.4 Å². The number of nitrogens with two attached hydrogens (primary N) is 1. The third-order valence-electron chi connectivity index (χ3n) is 3.10. The second kappa shape index (κ2) is 5.54. The average molecular weight is 327 g/mol. The molecule has 0 unspecified atom stereocenters. The van der Waals surface area contributed by atoms with Crippen LogP contribution in [0.2, 0.25) is 0 Å². The summed E-state index contributed by atoms with van der Waals surface area (Å²) in [4.78, 5) is 10.8. The van der Waals surface area contributed by atoms with E-state index < -0.39 is 4.92 Å². The fourth-order valence-electron chi connectivity index (χ4n) is 1.98. The van der Waals surface area contributed by atoms with Crippen molar-refractivity contribution >= 4 is 28.2 Å². The number of non-ortho nitro benzene ring substituents is 1. The van der Waals surface area contributed by atoms with Crippen LogP contribution < -0.4 is 5.73 Å². The fraction of sp³-hybridized carbons (Fsp3) is 0.0769. The van der Waals surface area contributed by atoms with Gasteiger partial charge in [0.15, 0.2) is 11.7 Å². The average Bonchev–Trinajstić information content (AvgIpc) is 2.80. The Morgan fingerprint density at radius 3 is 2.65 bits per heavy atom. The molecular formula is C13H9N7O2S. The Bertz CT molecular complexity index is 905. The quantitative estimate of drug-likeness (QED) is 0.654. The molecule has 1 aromatic heterocycles. The van der Waals surface area contributed by atoms with Crippen molar-refractivity contribution in [3.05, 3.63) is 51.3 Å². The molecule has 2 heterocycles. The Morgan fingerprint density at radius 1 is 1.35 bits per heavy atom. The summed E-state index contributed by atoms with van der Waals surface area (Å²) < 4.78 is 1.45. The molecule has 114 valence electrons. The van der Waals surface area contributed by atoms with Crippen molar-refractivity contribution < 1.29 is 4.92 Å². The van der Waals surface area contributed by atoms with Crippen LogP contribution in [0.1, 0.15) is 11.4 Å². The van der Waals surface area contributed by atoms with E-state index >= 15 is 0 Å². The van der Waals surface area contributed by atoms with Crippen LogP contribution in [0.25, 0.3) is 4.91 Å². The maximum Gasteiger partial charge on any atom is 0.269 e. The molecule has 0 saturated heterocycles. The van der Waals surface area contributed by atoms with Gasteiger partial charge in [-0.3, -0.25) is 10.1 Å². The Hall–Kier alpha value is -3.19. The molecule has 0 spiro atoms. The van der Waals surface area contributed by atoms with Crippen LogP contribution in [-0.4, -0.2) is 25.6 Å². The summed E-state index contributed by atoms with van der Waals surface area (Å²) in [5, 5.41) is 32.7. The van der Waals surface area contributed by atoms with Crippen molar-refractivity contribution in [1.82, 2.24) is 14.9 Å². The molecule has 2 N–H and O–H groups in total. The molecule has 0 amide bonds. The molecule has 0 radical (unpaired) electrons. The van der Waals surface area contributed by atoms with Crippen molar-refractivity contribution in [1.29, 1.82) is 5.26 Å². The normalized spacial score (nSPS) is 13.8. The van der Waals surface area contributed by atoms with E-state index in [1.807, 2.05) is 6.07 Å². The summed E-state index contributed by atoms with van der Waals surface area (Å²) in [5.41, 5.74) is 6.68. The van der Waals surface area contributed by atoms with Gasteiger partial charge in [0, 0.05) is 17.0 Å². The highest BCUT2D eigenvalue weighted by Gasteiger charge is 2.23. The van der Waals surface area contributed by atoms with E-state index in [0.717, 1.165) is 0 Å². The molecule has 9 nitrogen and oxygen atoms in total. The van der Waals surface area contributed by atoms with Gasteiger partial charge in [0.2, 0.25) is 5.16 Å². The van der Waals surface area contributed by atoms with Gasteiger partial charge in [0.05, 0.1) is 4.92 Å². The molecule has 3 rings (SSSR count). The van der Waals surface area contributed by atoms with Crippen LogP contribution >= 0.6 is 11.8 Å². The van der Waals surface area contributed by atoms with Gasteiger partial charge in [0.25, 0.3) is 5.69 Å². The number of nitrogens with zero attached hydrogens (tertiary/aromatic N) is 6. The lowest BCUT2D eigenvalue weighted by atomic mass is 10.1. The smallest absolute Gasteiger partial charge is 0.269 e. The van der Waals surface area contributed by atoms with E-state index in [-0.39, 0.29) is 17.1 Å². The first-order valence-corrected chi connectivity index (χ1v) is 7.17. The Labute approximate surface area is 134 Å². The lowest BCUT2D eigenvalue weighted by molar-refractivity contribution is -0.384. The Kier molecular flexibility index (Phi) is 3.55. The minimum absolute atomic E-state index is 0.0351. The minimum atomic E-state index is -0.487. The van der Waals surface area contributed by atoms with Crippen LogP contribution in [0.4, 0.5) is 5.69 Å². The van der Waals surface area contributed by atoms with Crippen LogP contribution in [-0.2, 0) is 0 Å². The Balaban J connectivity index is 2.14. The van der Waals surface area contributed by atoms with Gasteiger partial charge in [-0.15, -0.1) is 15.3 Å². The zero-order valence-corrected chi connectivity index (χ0v) is 12.6. The van der Waals surface area contributed by atoms with Crippen molar-refractivity contribution in [2.45, 2.75) is 12.1 Å². The molecule has 0 atom stereocenters. The second-order valence-electron chi connectivity index (χ2n) is 4.55. The van der Waals surface area contributed by atoms with Crippen molar-refractivity contribution in [3.63, 3.8) is 0 Å². The first-order chi connectivity index (χ1) is 11.0. The lowest BCUT2D eigenvalue weighted by Crippen LogP contribution is -2.16. The highest BCUT2D eigenvalue weighted by molar-refractivity contribution is 8.08. The SMILES string of the molecule is Cc1nnc2n1N=C(N)C(C#N)=C(c1ccc([N+](=O)[O-])cc1)S2. The minimum Gasteiger partial charge on any atom is -0.381 e. The molecule has 0 fully saturated rings. The number of nitro groups is 1. The van der Waals surface area contributed by atoms with Gasteiger partial charge in [-0.25, -0.2) is 0 Å². The molecule has 0 saturated carbocycles. The molecular weight excluding hydrogens is 318 g/mol. The van der Waals surface area contributed by atoms with E-state index in [4.69, 9.17) is 5.73 Å². The van der Waals surface area contributed by atoms with E-state index in [9.17, 15) is 15.4 Å². The molecule has 10 heteroatoms. The van der Waals surface area contributed by atoms with Crippen molar-refractivity contribution in [2.24, 2.45) is 10.8 Å². The van der Waals surface area contributed by atoms with Crippen LogP contribution in [0, 0.1) is 28.4 Å². The standard InChI is InChI=1S/C13H9N7O2S/c1-7-16-17-13-19(7)18-12(15)10(6-14)11(23-13)8-2-4-9(5-3-8)20(21)22/h2-5H,1H3,(H2,15,18). The van der Waals surface area contributed by atoms with Gasteiger partial charge < -0.3 is 5.73 Å². The zero-order chi connectivity index (χ0) is 16.6. The van der Waals surface area contributed by atoms with Gasteiger partial charge in [0.1, 0.15) is 11.6 Å². The number of hydrogen-bond donors (Lipinski definition) is 1. The number of hydrogen-bond acceptors (Lipinski definition) is 8. The second-order valence-corrected chi connectivity index (χ2v) is 5.53. The molecule has 1 aliphatic rings. The number of thioether (sulfide) groups is 1. The summed E-state index contributed by atoms with van der Waals surface area (Å²) in [6, 6.07) is 7.88. The van der Waals surface area contributed by atoms with Gasteiger partial charge >= 0.3 is 0 Å². The van der Waals surface area contributed by atoms with Crippen LogP contribution in [0.3, 0.4) is 0 Å². The summed E-state index contributed by atoms with van der Waals surface area (Å²) in [5.74, 6) is 0.577. The molecule has 1 aromatic carbocycles. The van der Waals surface area contributed by atoms with E-state index in [1.54, 1.807) is 19.1 Å². The predicted octanol–water partition coefficient (Wildman–Crippen LogP) is 1.66. The maximum atomic E-state index is 10.8. The van der Waals surface area contributed by atoms with E-state index in [0.29, 0.717) is 21.4 Å². The van der Waals surface area contributed by atoms with Gasteiger partial charge in [-0.2, -0.15) is 9.94 Å². The summed E-state index contributed by atoms with van der Waals surface area (Å²) >= 11 is 1.18. The fourth-order valence-corrected chi connectivity index (χ4v) is 3.01. The van der Waals surface area contributed by atoms with Gasteiger partial charge in [-0.1, -0.05) is 0 Å². The molecule has 0 aliphatic carbocycles. The van der Waals surface area contributed by atoms with Crippen LogP contribution in [0.5, 0.6) is 0 Å². The van der Waals surface area contributed by atoms with Crippen LogP contribution in [0.15, 0.2) is 40.1 Å². The highest BCUT2D eigenvalue weighted by atomic mass is 32.2. The van der Waals surface area contributed by atoms with E-state index in [2.05, 4.69) is 15.3 Å². The number of nitriles is 1. The Morgan fingerprint density at radius 2 is 2.04 bits per heavy atom. The number of aromatic nitrogens is 3. The maximum absolute atomic E-state index is 10.8.